The molecular formula is C17H21N3O2. The third-order valence-electron chi connectivity index (χ3n) is 4.15. The Morgan fingerprint density at radius 2 is 2.32 bits per heavy atom. The number of hydrogen-bond acceptors (Lipinski definition) is 4. The van der Waals surface area contributed by atoms with E-state index in [0.29, 0.717) is 11.5 Å². The number of nitrogens with two attached hydrogens (primary N) is 1. The quantitative estimate of drug-likeness (QED) is 0.921. The van der Waals surface area contributed by atoms with Gasteiger partial charge < -0.3 is 15.1 Å². The van der Waals surface area contributed by atoms with Crippen molar-refractivity contribution in [3.05, 3.63) is 35.7 Å². The molecule has 2 N–H and O–H groups in total. The molecule has 5 nitrogen and oxygen atoms in total. The lowest BCUT2D eigenvalue weighted by Gasteiger charge is -2.32. The van der Waals surface area contributed by atoms with Crippen molar-refractivity contribution >= 4 is 11.6 Å². The summed E-state index contributed by atoms with van der Waals surface area (Å²) < 4.78 is 5.46. The van der Waals surface area contributed by atoms with E-state index in [4.69, 9.17) is 10.2 Å². The monoisotopic (exact) mass is 299 g/mol. The number of rotatable bonds is 5. The maximum atomic E-state index is 11.7. The van der Waals surface area contributed by atoms with Gasteiger partial charge in [0.25, 0.3) is 0 Å². The number of primary amides is 1. The average molecular weight is 299 g/mol. The molecule has 1 aromatic carbocycles. The van der Waals surface area contributed by atoms with E-state index in [1.807, 2.05) is 6.07 Å². The lowest BCUT2D eigenvalue weighted by molar-refractivity contribution is 0.100. The van der Waals surface area contributed by atoms with Crippen molar-refractivity contribution in [2.45, 2.75) is 32.6 Å². The third-order valence-corrected chi connectivity index (χ3v) is 4.15. The van der Waals surface area contributed by atoms with Crippen LogP contribution < -0.4 is 10.6 Å². The second-order valence-electron chi connectivity index (χ2n) is 5.67. The Balaban J connectivity index is 2.11. The van der Waals surface area contributed by atoms with Crippen molar-refractivity contribution in [2.24, 2.45) is 5.73 Å². The van der Waals surface area contributed by atoms with Crippen molar-refractivity contribution in [1.82, 2.24) is 4.98 Å². The topological polar surface area (TPSA) is 72.4 Å². The highest BCUT2D eigenvalue weighted by molar-refractivity contribution is 5.96. The van der Waals surface area contributed by atoms with E-state index in [9.17, 15) is 4.79 Å². The number of hydrogen-bond donors (Lipinski definition) is 1. The van der Waals surface area contributed by atoms with Gasteiger partial charge in [0.15, 0.2) is 0 Å². The number of aromatic nitrogens is 1. The molecule has 0 fully saturated rings. The smallest absolute Gasteiger partial charge is 0.248 e. The van der Waals surface area contributed by atoms with Crippen LogP contribution in [0.5, 0.6) is 0 Å². The van der Waals surface area contributed by atoms with Gasteiger partial charge in [-0.25, -0.2) is 4.98 Å². The highest BCUT2D eigenvalue weighted by atomic mass is 16.3. The maximum Gasteiger partial charge on any atom is 0.248 e. The zero-order chi connectivity index (χ0) is 15.5. The van der Waals surface area contributed by atoms with Gasteiger partial charge in [-0.1, -0.05) is 13.3 Å². The molecule has 0 saturated heterocycles. The number of anilines is 1. The summed E-state index contributed by atoms with van der Waals surface area (Å²) in [7, 11) is 0. The molecule has 1 amide bonds. The lowest BCUT2D eigenvalue weighted by atomic mass is 9.93. The predicted octanol–water partition coefficient (Wildman–Crippen LogP) is 2.99. The second kappa shape index (κ2) is 6.22. The van der Waals surface area contributed by atoms with Crippen LogP contribution in [0.4, 0.5) is 5.69 Å². The third kappa shape index (κ3) is 2.71. The fourth-order valence-corrected chi connectivity index (χ4v) is 3.04. The number of fused-ring (bicyclic) bond motifs is 1. The van der Waals surface area contributed by atoms with Crippen molar-refractivity contribution in [3.63, 3.8) is 0 Å². The minimum Gasteiger partial charge on any atom is -0.445 e. The van der Waals surface area contributed by atoms with Crippen LogP contribution in [-0.2, 0) is 6.42 Å². The highest BCUT2D eigenvalue weighted by Crippen LogP contribution is 2.36. The SMILES string of the molecule is CCCCN1CCCc2c(-c3ncco3)cc(C(N)=O)cc21. The van der Waals surface area contributed by atoms with Crippen LogP contribution >= 0.6 is 0 Å². The van der Waals surface area contributed by atoms with Gasteiger partial charge in [0.2, 0.25) is 11.8 Å². The van der Waals surface area contributed by atoms with Gasteiger partial charge in [-0.2, -0.15) is 0 Å². The Morgan fingerprint density at radius 3 is 3.00 bits per heavy atom. The van der Waals surface area contributed by atoms with Crippen LogP contribution in [0.25, 0.3) is 11.5 Å². The largest absolute Gasteiger partial charge is 0.445 e. The first-order chi connectivity index (χ1) is 10.7. The number of carbonyl (C=O) groups is 1. The van der Waals surface area contributed by atoms with Crippen molar-refractivity contribution in [2.75, 3.05) is 18.0 Å². The van der Waals surface area contributed by atoms with E-state index in [2.05, 4.69) is 16.8 Å². The first-order valence-corrected chi connectivity index (χ1v) is 7.82. The molecule has 0 aliphatic carbocycles. The molecular weight excluding hydrogens is 278 g/mol. The Morgan fingerprint density at radius 1 is 1.45 bits per heavy atom. The van der Waals surface area contributed by atoms with Gasteiger partial charge >= 0.3 is 0 Å². The van der Waals surface area contributed by atoms with Crippen LogP contribution in [0, 0.1) is 0 Å². The fourth-order valence-electron chi connectivity index (χ4n) is 3.04. The van der Waals surface area contributed by atoms with E-state index >= 15 is 0 Å². The summed E-state index contributed by atoms with van der Waals surface area (Å²) in [6.45, 7) is 4.19. The molecule has 116 valence electrons. The average Bonchev–Trinajstić information content (AvgIpc) is 3.05. The molecule has 5 heteroatoms. The molecule has 1 aliphatic heterocycles. The summed E-state index contributed by atoms with van der Waals surface area (Å²) in [4.78, 5) is 18.3. The van der Waals surface area contributed by atoms with E-state index in [0.717, 1.165) is 50.0 Å². The molecule has 0 saturated carbocycles. The molecule has 0 spiro atoms. The minimum atomic E-state index is -0.420. The van der Waals surface area contributed by atoms with E-state index in [1.54, 1.807) is 18.5 Å². The predicted molar refractivity (Wildman–Crippen MR) is 85.9 cm³/mol. The van der Waals surface area contributed by atoms with Crippen molar-refractivity contribution in [1.29, 1.82) is 0 Å². The summed E-state index contributed by atoms with van der Waals surface area (Å²) in [6.07, 6.45) is 7.52. The zero-order valence-electron chi connectivity index (χ0n) is 12.8. The number of unbranched alkanes of at least 4 members (excludes halogenated alkanes) is 1. The number of benzene rings is 1. The van der Waals surface area contributed by atoms with Gasteiger partial charge in [0.05, 0.1) is 6.20 Å². The number of nitrogens with zero attached hydrogens (tertiary/aromatic N) is 2. The van der Waals surface area contributed by atoms with Gasteiger partial charge in [-0.15, -0.1) is 0 Å². The number of amides is 1. The molecule has 0 unspecified atom stereocenters. The highest BCUT2D eigenvalue weighted by Gasteiger charge is 2.23. The van der Waals surface area contributed by atoms with Crippen molar-refractivity contribution < 1.29 is 9.21 Å². The van der Waals surface area contributed by atoms with Gasteiger partial charge in [-0.3, -0.25) is 4.79 Å². The molecule has 2 aromatic rings. The lowest BCUT2D eigenvalue weighted by Crippen LogP contribution is -2.31. The normalized spacial score (nSPS) is 14.0. The molecule has 0 atom stereocenters. The van der Waals surface area contributed by atoms with Crippen LogP contribution in [-0.4, -0.2) is 24.0 Å². The fraction of sp³-hybridized carbons (Fsp3) is 0.412. The standard InChI is InChI=1S/C17H21N3O2/c1-2-3-7-20-8-4-5-13-14(17-19-6-9-22-17)10-12(16(18)21)11-15(13)20/h6,9-11H,2-5,7-8H2,1H3,(H2,18,21). The maximum absolute atomic E-state index is 11.7. The van der Waals surface area contributed by atoms with Gasteiger partial charge in [0, 0.05) is 29.9 Å². The van der Waals surface area contributed by atoms with Crippen LogP contribution in [0.15, 0.2) is 29.0 Å². The van der Waals surface area contributed by atoms with E-state index in [-0.39, 0.29) is 0 Å². The molecule has 0 radical (unpaired) electrons. The number of oxazole rings is 1. The Hall–Kier alpha value is -2.30. The van der Waals surface area contributed by atoms with Crippen LogP contribution in [0.3, 0.4) is 0 Å². The molecule has 1 aromatic heterocycles. The second-order valence-corrected chi connectivity index (χ2v) is 5.67. The molecule has 2 heterocycles. The molecule has 22 heavy (non-hydrogen) atoms. The molecule has 1 aliphatic rings. The van der Waals surface area contributed by atoms with Crippen molar-refractivity contribution in [3.8, 4) is 11.5 Å². The van der Waals surface area contributed by atoms with Crippen LogP contribution in [0.1, 0.15) is 42.1 Å². The van der Waals surface area contributed by atoms with Crippen LogP contribution in [0.2, 0.25) is 0 Å². The Labute approximate surface area is 130 Å². The zero-order valence-corrected chi connectivity index (χ0v) is 12.8. The van der Waals surface area contributed by atoms with E-state index < -0.39 is 5.91 Å². The summed E-state index contributed by atoms with van der Waals surface area (Å²) in [5.74, 6) is 0.133. The summed E-state index contributed by atoms with van der Waals surface area (Å²) in [5, 5.41) is 0. The first kappa shape index (κ1) is 14.6. The van der Waals surface area contributed by atoms with Gasteiger partial charge in [0.1, 0.15) is 6.26 Å². The summed E-state index contributed by atoms with van der Waals surface area (Å²) >= 11 is 0. The molecule has 3 rings (SSSR count). The minimum absolute atomic E-state index is 0.420. The van der Waals surface area contributed by atoms with Gasteiger partial charge in [-0.05, 0) is 37.0 Å². The molecule has 0 bridgehead atoms. The Bertz CT molecular complexity index is 665. The first-order valence-electron chi connectivity index (χ1n) is 7.82. The van der Waals surface area contributed by atoms with E-state index in [1.165, 1.54) is 5.56 Å². The Kier molecular flexibility index (Phi) is 4.13. The summed E-state index contributed by atoms with van der Waals surface area (Å²) in [5.41, 5.74) is 9.21. The number of carbonyl (C=O) groups excluding carboxylic acids is 1. The summed E-state index contributed by atoms with van der Waals surface area (Å²) in [6, 6.07) is 3.72.